The lowest BCUT2D eigenvalue weighted by Crippen LogP contribution is -2.57. The Balaban J connectivity index is 1.57. The summed E-state index contributed by atoms with van der Waals surface area (Å²) < 4.78 is 48.4. The molecule has 170 valence electrons. The van der Waals surface area contributed by atoms with Crippen LogP contribution in [-0.2, 0) is 20.7 Å². The molecule has 1 aliphatic heterocycles. The Labute approximate surface area is 183 Å². The molecule has 5 unspecified atom stereocenters. The summed E-state index contributed by atoms with van der Waals surface area (Å²) >= 11 is 0. The van der Waals surface area contributed by atoms with Gasteiger partial charge in [0, 0.05) is 35.7 Å². The Bertz CT molecular complexity index is 1040. The molecule has 0 amide bonds. The molecule has 5 nitrogen and oxygen atoms in total. The molecule has 1 aromatic heterocycles. The first kappa shape index (κ1) is 22.3. The van der Waals surface area contributed by atoms with Crippen molar-refractivity contribution in [2.75, 3.05) is 0 Å². The standard InChI is InChI=1S/C24H24F3NO4/c1-13-19(20-14(2)32-22(31)23(20,21(29)30)12-24(13,26)27)9-8-18-7-6-16(11-28-18)15-4-3-5-17(25)10-15/h3-7,10-11,13-14,19-20H,8-9,12H2,1-2H3,(H,29,30). The molecule has 2 aromatic rings. The van der Waals surface area contributed by atoms with Crippen molar-refractivity contribution < 1.29 is 32.6 Å². The first-order valence-electron chi connectivity index (χ1n) is 10.6. The highest BCUT2D eigenvalue weighted by Crippen LogP contribution is 2.60. The van der Waals surface area contributed by atoms with E-state index < -0.39 is 53.6 Å². The maximum Gasteiger partial charge on any atom is 0.324 e. The van der Waals surface area contributed by atoms with Crippen molar-refractivity contribution in [1.29, 1.82) is 0 Å². The second kappa shape index (κ2) is 7.90. The van der Waals surface area contributed by atoms with E-state index in [4.69, 9.17) is 4.74 Å². The SMILES string of the molecule is CC1OC(=O)C2(C(=O)O)CC(F)(F)C(C)C(CCc3ccc(-c4cccc(F)c4)cn3)C12. The van der Waals surface area contributed by atoms with Crippen molar-refractivity contribution in [2.45, 2.75) is 45.1 Å². The Morgan fingerprint density at radius 2 is 1.97 bits per heavy atom. The number of carbonyl (C=O) groups is 2. The van der Waals surface area contributed by atoms with E-state index in [0.29, 0.717) is 17.7 Å². The highest BCUT2D eigenvalue weighted by atomic mass is 19.3. The number of carboxylic acid groups (broad SMARTS) is 1. The first-order valence-corrected chi connectivity index (χ1v) is 10.6. The number of carboxylic acids is 1. The van der Waals surface area contributed by atoms with Gasteiger partial charge >= 0.3 is 11.9 Å². The fourth-order valence-electron chi connectivity index (χ4n) is 5.41. The van der Waals surface area contributed by atoms with Crippen molar-refractivity contribution in [3.8, 4) is 11.1 Å². The van der Waals surface area contributed by atoms with E-state index >= 15 is 0 Å². The number of ether oxygens (including phenoxy) is 1. The molecule has 0 radical (unpaired) electrons. The molecule has 2 heterocycles. The number of aromatic nitrogens is 1. The maximum absolute atomic E-state index is 14.9. The molecule has 1 saturated heterocycles. The van der Waals surface area contributed by atoms with Crippen molar-refractivity contribution in [1.82, 2.24) is 4.98 Å². The van der Waals surface area contributed by atoms with Crippen LogP contribution >= 0.6 is 0 Å². The Hall–Kier alpha value is -2.90. The van der Waals surface area contributed by atoms with Gasteiger partial charge in [-0.05, 0) is 49.4 Å². The molecule has 5 atom stereocenters. The number of carbonyl (C=O) groups excluding carboxylic acids is 1. The van der Waals surface area contributed by atoms with E-state index in [1.54, 1.807) is 37.4 Å². The third-order valence-corrected chi connectivity index (χ3v) is 7.11. The van der Waals surface area contributed by atoms with Crippen LogP contribution in [0.15, 0.2) is 42.6 Å². The first-order chi connectivity index (χ1) is 15.1. The molecule has 1 aliphatic carbocycles. The van der Waals surface area contributed by atoms with Gasteiger partial charge in [-0.3, -0.25) is 14.6 Å². The molecule has 32 heavy (non-hydrogen) atoms. The minimum absolute atomic E-state index is 0.240. The molecular formula is C24H24F3NO4. The van der Waals surface area contributed by atoms with Crippen LogP contribution in [0, 0.1) is 29.0 Å². The maximum atomic E-state index is 14.9. The van der Waals surface area contributed by atoms with E-state index in [-0.39, 0.29) is 12.2 Å². The Morgan fingerprint density at radius 3 is 2.59 bits per heavy atom. The van der Waals surface area contributed by atoms with Gasteiger partial charge in [0.25, 0.3) is 5.92 Å². The highest BCUT2D eigenvalue weighted by molar-refractivity contribution is 6.01. The summed E-state index contributed by atoms with van der Waals surface area (Å²) in [6.07, 6.45) is 0.368. The van der Waals surface area contributed by atoms with Crippen LogP contribution in [0.3, 0.4) is 0 Å². The molecule has 0 spiro atoms. The lowest BCUT2D eigenvalue weighted by Gasteiger charge is -2.46. The zero-order chi connectivity index (χ0) is 23.3. The number of fused-ring (bicyclic) bond motifs is 1. The highest BCUT2D eigenvalue weighted by Gasteiger charge is 2.71. The van der Waals surface area contributed by atoms with Gasteiger partial charge < -0.3 is 9.84 Å². The van der Waals surface area contributed by atoms with Gasteiger partial charge in [-0.25, -0.2) is 13.2 Å². The molecule has 8 heteroatoms. The number of pyridine rings is 1. The summed E-state index contributed by atoms with van der Waals surface area (Å²) in [5.74, 6) is -8.97. The minimum Gasteiger partial charge on any atom is -0.480 e. The number of nitrogens with zero attached hydrogens (tertiary/aromatic N) is 1. The van der Waals surface area contributed by atoms with Crippen LogP contribution < -0.4 is 0 Å². The van der Waals surface area contributed by atoms with Crippen molar-refractivity contribution in [2.24, 2.45) is 23.2 Å². The zero-order valence-electron chi connectivity index (χ0n) is 17.7. The summed E-state index contributed by atoms with van der Waals surface area (Å²) in [6.45, 7) is 2.98. The molecule has 2 fully saturated rings. The number of cyclic esters (lactones) is 1. The fraction of sp³-hybridized carbons (Fsp3) is 0.458. The number of esters is 1. The van der Waals surface area contributed by atoms with Crippen LogP contribution in [0.5, 0.6) is 0 Å². The molecular weight excluding hydrogens is 423 g/mol. The zero-order valence-corrected chi connectivity index (χ0v) is 17.7. The van der Waals surface area contributed by atoms with Crippen LogP contribution in [0.25, 0.3) is 11.1 Å². The molecule has 1 N–H and O–H groups in total. The van der Waals surface area contributed by atoms with Crippen molar-refractivity contribution in [3.63, 3.8) is 0 Å². The summed E-state index contributed by atoms with van der Waals surface area (Å²) in [5, 5.41) is 9.79. The predicted molar refractivity (Wildman–Crippen MR) is 109 cm³/mol. The van der Waals surface area contributed by atoms with E-state index in [0.717, 1.165) is 5.56 Å². The lowest BCUT2D eigenvalue weighted by molar-refractivity contribution is -0.193. The van der Waals surface area contributed by atoms with Crippen LogP contribution in [-0.4, -0.2) is 34.1 Å². The summed E-state index contributed by atoms with van der Waals surface area (Å²) in [7, 11) is 0. The number of rotatable bonds is 5. The second-order valence-corrected chi connectivity index (χ2v) is 8.89. The third-order valence-electron chi connectivity index (χ3n) is 7.11. The molecule has 1 aromatic carbocycles. The number of aryl methyl sites for hydroxylation is 1. The minimum atomic E-state index is -3.31. The fourth-order valence-corrected chi connectivity index (χ4v) is 5.41. The normalized spacial score (nSPS) is 31.1. The van der Waals surface area contributed by atoms with Gasteiger partial charge in [0.05, 0.1) is 0 Å². The smallest absolute Gasteiger partial charge is 0.324 e. The van der Waals surface area contributed by atoms with E-state index in [1.807, 2.05) is 0 Å². The van der Waals surface area contributed by atoms with Crippen LogP contribution in [0.1, 0.15) is 32.4 Å². The molecule has 2 aliphatic rings. The number of hydrogen-bond acceptors (Lipinski definition) is 4. The molecule has 0 bridgehead atoms. The second-order valence-electron chi connectivity index (χ2n) is 8.89. The predicted octanol–water partition coefficient (Wildman–Crippen LogP) is 4.74. The Kier molecular flexibility index (Phi) is 5.51. The number of benzene rings is 1. The molecule has 4 rings (SSSR count). The van der Waals surface area contributed by atoms with Gasteiger partial charge in [-0.1, -0.05) is 25.1 Å². The van der Waals surface area contributed by atoms with E-state index in [2.05, 4.69) is 4.98 Å². The largest absolute Gasteiger partial charge is 0.480 e. The van der Waals surface area contributed by atoms with Crippen molar-refractivity contribution >= 4 is 11.9 Å². The Morgan fingerprint density at radius 1 is 1.22 bits per heavy atom. The van der Waals surface area contributed by atoms with Gasteiger partial charge in [-0.15, -0.1) is 0 Å². The van der Waals surface area contributed by atoms with Gasteiger partial charge in [0.2, 0.25) is 0 Å². The van der Waals surface area contributed by atoms with Crippen LogP contribution in [0.2, 0.25) is 0 Å². The number of hydrogen-bond donors (Lipinski definition) is 1. The summed E-state index contributed by atoms with van der Waals surface area (Å²) in [6, 6.07) is 9.63. The van der Waals surface area contributed by atoms with Crippen molar-refractivity contribution in [3.05, 3.63) is 54.1 Å². The van der Waals surface area contributed by atoms with E-state index in [9.17, 15) is 27.9 Å². The summed E-state index contributed by atoms with van der Waals surface area (Å²) in [5.41, 5.74) is -0.190. The monoisotopic (exact) mass is 447 g/mol. The molecule has 1 saturated carbocycles. The topological polar surface area (TPSA) is 76.5 Å². The number of halogens is 3. The van der Waals surface area contributed by atoms with Crippen LogP contribution in [0.4, 0.5) is 13.2 Å². The average molecular weight is 447 g/mol. The van der Waals surface area contributed by atoms with Gasteiger partial charge in [-0.2, -0.15) is 0 Å². The van der Waals surface area contributed by atoms with E-state index in [1.165, 1.54) is 19.1 Å². The van der Waals surface area contributed by atoms with Gasteiger partial charge in [0.1, 0.15) is 11.9 Å². The average Bonchev–Trinajstić information content (AvgIpc) is 2.99. The number of alkyl halides is 2. The lowest BCUT2D eigenvalue weighted by atomic mass is 9.55. The van der Waals surface area contributed by atoms with Gasteiger partial charge in [0.15, 0.2) is 5.41 Å². The summed E-state index contributed by atoms with van der Waals surface area (Å²) in [4.78, 5) is 28.8. The third kappa shape index (κ3) is 3.55. The number of aliphatic carboxylic acids is 1. The quantitative estimate of drug-likeness (QED) is 0.529.